The Kier molecular flexibility index (Phi) is 25.3. The van der Waals surface area contributed by atoms with Crippen LogP contribution in [0.5, 0.6) is 0 Å². The van der Waals surface area contributed by atoms with Gasteiger partial charge in [0.2, 0.25) is 0 Å². The van der Waals surface area contributed by atoms with Gasteiger partial charge in [-0.25, -0.2) is 0 Å². The fourth-order valence-electron chi connectivity index (χ4n) is 0.828. The maximum atomic E-state index is 3.98. The Bertz CT molecular complexity index is 302. The first kappa shape index (κ1) is 21.8. The fraction of sp³-hybridized carbons (Fsp3) is 0.500. The molecule has 1 heterocycles. The monoisotopic (exact) mass is 250 g/mol. The van der Waals surface area contributed by atoms with Crippen LogP contribution >= 0.6 is 0 Å². The number of nitrogens with zero attached hydrogens (tertiary/aromatic N) is 2. The van der Waals surface area contributed by atoms with Crippen molar-refractivity contribution in [1.29, 1.82) is 0 Å². The largest absolute Gasteiger partial charge is 0.159 e. The summed E-state index contributed by atoms with van der Waals surface area (Å²) < 4.78 is 0. The molecule has 0 fully saturated rings. The minimum atomic E-state index is 0.926. The van der Waals surface area contributed by atoms with Gasteiger partial charge in [0.05, 0.1) is 5.69 Å². The Balaban J connectivity index is -0.000000328. The summed E-state index contributed by atoms with van der Waals surface area (Å²) in [5.74, 6) is 0. The maximum absolute atomic E-state index is 3.98. The van der Waals surface area contributed by atoms with Gasteiger partial charge in [-0.1, -0.05) is 59.8 Å². The van der Waals surface area contributed by atoms with Crippen LogP contribution in [0.15, 0.2) is 30.5 Å². The third-order valence-electron chi connectivity index (χ3n) is 1.52. The van der Waals surface area contributed by atoms with Crippen molar-refractivity contribution in [2.45, 2.75) is 55.4 Å². The third-order valence-corrected chi connectivity index (χ3v) is 1.52. The summed E-state index contributed by atoms with van der Waals surface area (Å²) in [6.07, 6.45) is 9.54. The van der Waals surface area contributed by atoms with Gasteiger partial charge >= 0.3 is 0 Å². The van der Waals surface area contributed by atoms with E-state index in [-0.39, 0.29) is 0 Å². The van der Waals surface area contributed by atoms with E-state index in [0.717, 1.165) is 11.3 Å². The molecule has 104 valence electrons. The predicted molar refractivity (Wildman–Crippen MR) is 84.7 cm³/mol. The number of allylic oxidation sites excluding steroid dienone is 3. The van der Waals surface area contributed by atoms with E-state index in [4.69, 9.17) is 0 Å². The molecule has 0 spiro atoms. The van der Waals surface area contributed by atoms with Gasteiger partial charge in [0.15, 0.2) is 0 Å². The molecule has 0 saturated heterocycles. The van der Waals surface area contributed by atoms with Gasteiger partial charge in [0, 0.05) is 6.20 Å². The predicted octanol–water partition coefficient (Wildman–Crippen LogP) is 5.45. The van der Waals surface area contributed by atoms with E-state index in [2.05, 4.69) is 10.2 Å². The highest BCUT2D eigenvalue weighted by atomic mass is 15.1. The molecule has 18 heavy (non-hydrogen) atoms. The first-order chi connectivity index (χ1) is 8.84. The van der Waals surface area contributed by atoms with Crippen molar-refractivity contribution in [2.24, 2.45) is 0 Å². The van der Waals surface area contributed by atoms with E-state index < -0.39 is 0 Å². The van der Waals surface area contributed by atoms with Crippen molar-refractivity contribution in [1.82, 2.24) is 10.2 Å². The van der Waals surface area contributed by atoms with Crippen LogP contribution < -0.4 is 0 Å². The van der Waals surface area contributed by atoms with Crippen molar-refractivity contribution in [2.75, 3.05) is 0 Å². The molecule has 0 radical (unpaired) electrons. The quantitative estimate of drug-likeness (QED) is 0.652. The minimum Gasteiger partial charge on any atom is -0.159 e. The summed E-state index contributed by atoms with van der Waals surface area (Å²) in [5.41, 5.74) is 2.07. The van der Waals surface area contributed by atoms with Gasteiger partial charge in [-0.15, -0.1) is 0 Å². The molecule has 0 saturated carbocycles. The molecule has 1 aromatic rings. The Morgan fingerprint density at radius 3 is 1.94 bits per heavy atom. The molecule has 0 bridgehead atoms. The highest BCUT2D eigenvalue weighted by molar-refractivity contribution is 5.49. The van der Waals surface area contributed by atoms with Crippen molar-refractivity contribution >= 4 is 6.08 Å². The van der Waals surface area contributed by atoms with Crippen molar-refractivity contribution in [3.05, 3.63) is 41.7 Å². The van der Waals surface area contributed by atoms with Crippen LogP contribution in [0, 0.1) is 6.92 Å². The number of hydrogen-bond acceptors (Lipinski definition) is 2. The van der Waals surface area contributed by atoms with Crippen molar-refractivity contribution in [3.63, 3.8) is 0 Å². The van der Waals surface area contributed by atoms with E-state index in [1.54, 1.807) is 6.20 Å². The molecular formula is C16H30N2. The summed E-state index contributed by atoms with van der Waals surface area (Å²) in [4.78, 5) is 0. The smallest absolute Gasteiger partial charge is 0.0886 e. The molecule has 0 aliphatic carbocycles. The third kappa shape index (κ3) is 12.6. The van der Waals surface area contributed by atoms with Crippen LogP contribution in [-0.4, -0.2) is 10.2 Å². The summed E-state index contributed by atoms with van der Waals surface area (Å²) in [7, 11) is 0. The molecule has 2 nitrogen and oxygen atoms in total. The van der Waals surface area contributed by atoms with Gasteiger partial charge in [-0.2, -0.15) is 10.2 Å². The van der Waals surface area contributed by atoms with Crippen molar-refractivity contribution < 1.29 is 0 Å². The minimum absolute atomic E-state index is 0.926. The standard InChI is InChI=1S/C10H12N2.3C2H6/c1-3-4-5-6-10-9(2)7-8-11-12-10;3*1-2/h3-8H,1-2H3;3*1-2H3/b4-3-,6-5-;;;. The number of hydrogen-bond donors (Lipinski definition) is 0. The Morgan fingerprint density at radius 2 is 1.50 bits per heavy atom. The lowest BCUT2D eigenvalue weighted by Crippen LogP contribution is -1.87. The number of aromatic nitrogens is 2. The molecule has 2 heteroatoms. The average molecular weight is 250 g/mol. The lowest BCUT2D eigenvalue weighted by molar-refractivity contribution is 1.000. The molecule has 1 rings (SSSR count). The molecule has 0 amide bonds. The van der Waals surface area contributed by atoms with Gasteiger partial charge in [-0.05, 0) is 31.6 Å². The second-order valence-corrected chi connectivity index (χ2v) is 2.48. The topological polar surface area (TPSA) is 25.8 Å². The molecule has 0 N–H and O–H groups in total. The van der Waals surface area contributed by atoms with Crippen LogP contribution in [0.1, 0.15) is 59.7 Å². The van der Waals surface area contributed by atoms with Crippen LogP contribution in [0.2, 0.25) is 0 Å². The summed E-state index contributed by atoms with van der Waals surface area (Å²) in [5, 5.41) is 7.78. The van der Waals surface area contributed by atoms with Crippen LogP contribution in [0.25, 0.3) is 6.08 Å². The van der Waals surface area contributed by atoms with Gasteiger partial charge in [0.1, 0.15) is 0 Å². The zero-order chi connectivity index (χ0) is 14.8. The zero-order valence-electron chi connectivity index (χ0n) is 13.4. The van der Waals surface area contributed by atoms with E-state index >= 15 is 0 Å². The summed E-state index contributed by atoms with van der Waals surface area (Å²) in [6.45, 7) is 16.0. The average Bonchev–Trinajstić information content (AvgIpc) is 2.48. The summed E-state index contributed by atoms with van der Waals surface area (Å²) >= 11 is 0. The van der Waals surface area contributed by atoms with E-state index in [0.29, 0.717) is 0 Å². The zero-order valence-corrected chi connectivity index (χ0v) is 13.4. The molecular weight excluding hydrogens is 220 g/mol. The van der Waals surface area contributed by atoms with Crippen LogP contribution in [-0.2, 0) is 0 Å². The molecule has 0 aliphatic rings. The summed E-state index contributed by atoms with van der Waals surface area (Å²) in [6, 6.07) is 1.95. The van der Waals surface area contributed by atoms with Crippen molar-refractivity contribution in [3.8, 4) is 0 Å². The second-order valence-electron chi connectivity index (χ2n) is 2.48. The SMILES string of the molecule is C/C=C\C=C/c1nnccc1C.CC.CC.CC. The van der Waals surface area contributed by atoms with Crippen LogP contribution in [0.4, 0.5) is 0 Å². The lowest BCUT2D eigenvalue weighted by Gasteiger charge is -1.93. The molecule has 1 aromatic heterocycles. The fourth-order valence-corrected chi connectivity index (χ4v) is 0.828. The number of aryl methyl sites for hydroxylation is 1. The first-order valence-electron chi connectivity index (χ1n) is 6.92. The Morgan fingerprint density at radius 1 is 0.944 bits per heavy atom. The lowest BCUT2D eigenvalue weighted by atomic mass is 10.2. The van der Waals surface area contributed by atoms with E-state index in [1.807, 2.05) is 85.8 Å². The maximum Gasteiger partial charge on any atom is 0.0886 e. The first-order valence-corrected chi connectivity index (χ1v) is 6.92. The highest BCUT2D eigenvalue weighted by Crippen LogP contribution is 2.03. The molecule has 0 atom stereocenters. The van der Waals surface area contributed by atoms with Gasteiger partial charge in [0.25, 0.3) is 0 Å². The molecule has 0 unspecified atom stereocenters. The number of rotatable bonds is 2. The van der Waals surface area contributed by atoms with E-state index in [1.165, 1.54) is 0 Å². The van der Waals surface area contributed by atoms with E-state index in [9.17, 15) is 0 Å². The molecule has 0 aromatic carbocycles. The Labute approximate surface area is 114 Å². The molecule has 0 aliphatic heterocycles. The van der Waals surface area contributed by atoms with Crippen LogP contribution in [0.3, 0.4) is 0 Å². The second kappa shape index (κ2) is 20.9. The van der Waals surface area contributed by atoms with Gasteiger partial charge in [-0.3, -0.25) is 0 Å². The highest BCUT2D eigenvalue weighted by Gasteiger charge is 1.91. The Hall–Kier alpha value is -1.44. The normalized spacial score (nSPS) is 8.67. The van der Waals surface area contributed by atoms with Gasteiger partial charge < -0.3 is 0 Å².